The molecule has 1 aliphatic rings. The lowest BCUT2D eigenvalue weighted by Crippen LogP contribution is -2.42. The summed E-state index contributed by atoms with van der Waals surface area (Å²) in [5.41, 5.74) is 8.17. The van der Waals surface area contributed by atoms with Gasteiger partial charge in [0, 0.05) is 17.3 Å². The lowest BCUT2D eigenvalue weighted by molar-refractivity contribution is 0.181. The van der Waals surface area contributed by atoms with E-state index in [1.807, 2.05) is 11.3 Å². The molecule has 2 rings (SSSR count). The predicted octanol–water partition coefficient (Wildman–Crippen LogP) is 4.24. The van der Waals surface area contributed by atoms with Crippen LogP contribution in [0.5, 0.6) is 0 Å². The van der Waals surface area contributed by atoms with E-state index in [1.165, 1.54) is 47.7 Å². The molecule has 0 spiro atoms. The Morgan fingerprint density at radius 1 is 1.26 bits per heavy atom. The maximum atomic E-state index is 6.62. The second-order valence-electron chi connectivity index (χ2n) is 6.73. The van der Waals surface area contributed by atoms with Gasteiger partial charge in [0.15, 0.2) is 0 Å². The molecule has 0 bridgehead atoms. The van der Waals surface area contributed by atoms with Crippen molar-refractivity contribution in [1.29, 1.82) is 0 Å². The monoisotopic (exact) mass is 280 g/mol. The van der Waals surface area contributed by atoms with Gasteiger partial charge in [0.25, 0.3) is 0 Å². The summed E-state index contributed by atoms with van der Waals surface area (Å²) in [5.74, 6) is 0.740. The van der Waals surface area contributed by atoms with E-state index < -0.39 is 0 Å². The summed E-state index contributed by atoms with van der Waals surface area (Å²) in [6.45, 7) is 8.90. The highest BCUT2D eigenvalue weighted by molar-refractivity contribution is 7.11. The molecular formula is C16H28N2S. The highest BCUT2D eigenvalue weighted by Gasteiger charge is 2.40. The van der Waals surface area contributed by atoms with Crippen molar-refractivity contribution in [1.82, 2.24) is 4.98 Å². The maximum Gasteiger partial charge on any atom is 0.0946 e. The van der Waals surface area contributed by atoms with Crippen LogP contribution in [0.1, 0.15) is 61.5 Å². The van der Waals surface area contributed by atoms with Crippen LogP contribution in [0.4, 0.5) is 0 Å². The lowest BCUT2D eigenvalue weighted by atomic mass is 9.72. The van der Waals surface area contributed by atoms with E-state index in [0.29, 0.717) is 5.41 Å². The van der Waals surface area contributed by atoms with Crippen molar-refractivity contribution in [3.8, 4) is 0 Å². The van der Waals surface area contributed by atoms with Crippen LogP contribution in [0.2, 0.25) is 0 Å². The van der Waals surface area contributed by atoms with Crippen molar-refractivity contribution in [3.05, 3.63) is 15.6 Å². The highest BCUT2D eigenvalue weighted by atomic mass is 32.1. The number of aryl methyl sites for hydroxylation is 2. The fourth-order valence-electron chi connectivity index (χ4n) is 3.65. The normalized spacial score (nSPS) is 20.1. The van der Waals surface area contributed by atoms with Crippen LogP contribution < -0.4 is 5.73 Å². The number of hydrogen-bond acceptors (Lipinski definition) is 3. The molecule has 1 aromatic heterocycles. The Kier molecular flexibility index (Phi) is 4.67. The minimum Gasteiger partial charge on any atom is -0.327 e. The van der Waals surface area contributed by atoms with Crippen LogP contribution in [-0.4, -0.2) is 11.0 Å². The van der Waals surface area contributed by atoms with Crippen molar-refractivity contribution < 1.29 is 0 Å². The molecule has 1 aromatic rings. The lowest BCUT2D eigenvalue weighted by Gasteiger charge is -2.36. The van der Waals surface area contributed by atoms with E-state index in [2.05, 4.69) is 32.7 Å². The van der Waals surface area contributed by atoms with Gasteiger partial charge in [-0.25, -0.2) is 4.98 Å². The molecule has 0 amide bonds. The molecule has 3 heteroatoms. The molecule has 1 unspecified atom stereocenters. The van der Waals surface area contributed by atoms with E-state index in [-0.39, 0.29) is 6.04 Å². The molecule has 0 aromatic carbocycles. The average molecular weight is 280 g/mol. The van der Waals surface area contributed by atoms with Crippen LogP contribution >= 0.6 is 11.3 Å². The predicted molar refractivity (Wildman–Crippen MR) is 83.6 cm³/mol. The fourth-order valence-corrected chi connectivity index (χ4v) is 4.64. The maximum absolute atomic E-state index is 6.62. The SMILES string of the molecule is Cc1nc(CC(N)C2(CC(C)C)CCCC2)sc1C. The first-order valence-electron chi connectivity index (χ1n) is 7.61. The molecule has 2 nitrogen and oxygen atoms in total. The number of aromatic nitrogens is 1. The first-order chi connectivity index (χ1) is 8.93. The van der Waals surface area contributed by atoms with Crippen LogP contribution in [-0.2, 0) is 6.42 Å². The van der Waals surface area contributed by atoms with Crippen molar-refractivity contribution in [3.63, 3.8) is 0 Å². The van der Waals surface area contributed by atoms with Crippen molar-refractivity contribution in [2.24, 2.45) is 17.1 Å². The molecular weight excluding hydrogens is 252 g/mol. The Balaban J connectivity index is 2.09. The Hall–Kier alpha value is -0.410. The van der Waals surface area contributed by atoms with E-state index in [4.69, 9.17) is 5.73 Å². The zero-order valence-electron chi connectivity index (χ0n) is 12.8. The molecule has 1 aliphatic carbocycles. The average Bonchev–Trinajstić information content (AvgIpc) is 2.87. The number of hydrogen-bond donors (Lipinski definition) is 1. The quantitative estimate of drug-likeness (QED) is 0.876. The molecule has 0 radical (unpaired) electrons. The van der Waals surface area contributed by atoms with Crippen LogP contribution in [0, 0.1) is 25.2 Å². The summed E-state index contributed by atoms with van der Waals surface area (Å²) in [7, 11) is 0. The second-order valence-corrected chi connectivity index (χ2v) is 8.02. The molecule has 0 aliphatic heterocycles. The summed E-state index contributed by atoms with van der Waals surface area (Å²) in [4.78, 5) is 6.01. The van der Waals surface area contributed by atoms with E-state index in [9.17, 15) is 0 Å². The minimum atomic E-state index is 0.280. The van der Waals surface area contributed by atoms with Gasteiger partial charge in [-0.3, -0.25) is 0 Å². The van der Waals surface area contributed by atoms with Crippen molar-refractivity contribution >= 4 is 11.3 Å². The highest BCUT2D eigenvalue weighted by Crippen LogP contribution is 2.46. The van der Waals surface area contributed by atoms with Crippen LogP contribution in [0.15, 0.2) is 0 Å². The van der Waals surface area contributed by atoms with E-state index in [0.717, 1.165) is 12.3 Å². The summed E-state index contributed by atoms with van der Waals surface area (Å²) < 4.78 is 0. The molecule has 2 N–H and O–H groups in total. The summed E-state index contributed by atoms with van der Waals surface area (Å²) in [5, 5.41) is 1.23. The summed E-state index contributed by atoms with van der Waals surface area (Å²) in [6.07, 6.45) is 7.58. The molecule has 1 saturated carbocycles. The van der Waals surface area contributed by atoms with Gasteiger partial charge in [0.2, 0.25) is 0 Å². The first kappa shape index (κ1) is 15.0. The number of rotatable bonds is 5. The van der Waals surface area contributed by atoms with Crippen LogP contribution in [0.25, 0.3) is 0 Å². The fraction of sp³-hybridized carbons (Fsp3) is 0.812. The van der Waals surface area contributed by atoms with Crippen molar-refractivity contribution in [2.75, 3.05) is 0 Å². The largest absolute Gasteiger partial charge is 0.327 e. The smallest absolute Gasteiger partial charge is 0.0946 e. The van der Waals surface area contributed by atoms with Gasteiger partial charge >= 0.3 is 0 Å². The Labute approximate surface area is 121 Å². The Morgan fingerprint density at radius 2 is 1.89 bits per heavy atom. The molecule has 0 saturated heterocycles. The topological polar surface area (TPSA) is 38.9 Å². The van der Waals surface area contributed by atoms with Crippen LogP contribution in [0.3, 0.4) is 0 Å². The number of nitrogens with zero attached hydrogens (tertiary/aromatic N) is 1. The van der Waals surface area contributed by atoms with Gasteiger partial charge in [0.05, 0.1) is 10.7 Å². The zero-order chi connectivity index (χ0) is 14.0. The summed E-state index contributed by atoms with van der Waals surface area (Å²) in [6, 6.07) is 0.280. The summed E-state index contributed by atoms with van der Waals surface area (Å²) >= 11 is 1.83. The first-order valence-corrected chi connectivity index (χ1v) is 8.43. The Morgan fingerprint density at radius 3 is 2.37 bits per heavy atom. The molecule has 19 heavy (non-hydrogen) atoms. The van der Waals surface area contributed by atoms with Gasteiger partial charge in [-0.05, 0) is 44.4 Å². The van der Waals surface area contributed by atoms with Crippen molar-refractivity contribution in [2.45, 2.75) is 72.3 Å². The Bertz CT molecular complexity index is 397. The molecule has 1 atom stereocenters. The molecule has 108 valence electrons. The third-order valence-corrected chi connectivity index (χ3v) is 5.76. The van der Waals surface area contributed by atoms with Gasteiger partial charge in [-0.2, -0.15) is 0 Å². The number of nitrogens with two attached hydrogens (primary N) is 1. The van der Waals surface area contributed by atoms with Gasteiger partial charge < -0.3 is 5.73 Å². The molecule has 1 heterocycles. The van der Waals surface area contributed by atoms with E-state index in [1.54, 1.807) is 0 Å². The van der Waals surface area contributed by atoms with E-state index >= 15 is 0 Å². The zero-order valence-corrected chi connectivity index (χ0v) is 13.6. The second kappa shape index (κ2) is 5.92. The van der Waals surface area contributed by atoms with Gasteiger partial charge in [-0.1, -0.05) is 26.7 Å². The third-order valence-electron chi connectivity index (χ3n) is 4.67. The number of thiazole rings is 1. The third kappa shape index (κ3) is 3.38. The standard InChI is InChI=1S/C16H28N2S/c1-11(2)10-16(7-5-6-8-16)14(17)9-15-18-12(3)13(4)19-15/h11,14H,5-10,17H2,1-4H3. The van der Waals surface area contributed by atoms with Gasteiger partial charge in [-0.15, -0.1) is 11.3 Å². The molecule has 1 fully saturated rings. The van der Waals surface area contributed by atoms with Gasteiger partial charge in [0.1, 0.15) is 0 Å². The minimum absolute atomic E-state index is 0.280.